The van der Waals surface area contributed by atoms with E-state index >= 15 is 0 Å². The van der Waals surface area contributed by atoms with E-state index in [2.05, 4.69) is 9.80 Å². The third kappa shape index (κ3) is 3.23. The minimum atomic E-state index is -3.14. The largest absolute Gasteiger partial charge is 0.376 e. The summed E-state index contributed by atoms with van der Waals surface area (Å²) >= 11 is 0. The fourth-order valence-electron chi connectivity index (χ4n) is 3.86. The van der Waals surface area contributed by atoms with Crippen molar-refractivity contribution in [3.8, 4) is 0 Å². The lowest BCUT2D eigenvalue weighted by Gasteiger charge is -2.32. The van der Waals surface area contributed by atoms with Crippen molar-refractivity contribution in [1.29, 1.82) is 0 Å². The lowest BCUT2D eigenvalue weighted by molar-refractivity contribution is -0.0845. The van der Waals surface area contributed by atoms with Gasteiger partial charge in [-0.1, -0.05) is 12.1 Å². The van der Waals surface area contributed by atoms with E-state index in [1.54, 1.807) is 12.1 Å². The molecule has 3 saturated heterocycles. The molecular formula is C17H24N2O4S. The Bertz CT molecular complexity index is 685. The maximum atomic E-state index is 11.6. The highest BCUT2D eigenvalue weighted by Crippen LogP contribution is 2.36. The zero-order valence-electron chi connectivity index (χ0n) is 13.9. The number of hydrogen-bond acceptors (Lipinski definition) is 6. The van der Waals surface area contributed by atoms with Gasteiger partial charge in [-0.3, -0.25) is 9.80 Å². The average molecular weight is 352 g/mol. The first kappa shape index (κ1) is 16.5. The van der Waals surface area contributed by atoms with E-state index in [0.717, 1.165) is 44.8 Å². The minimum absolute atomic E-state index is 0.0996. The Balaban J connectivity index is 1.42. The molecule has 5 unspecified atom stereocenters. The van der Waals surface area contributed by atoms with Crippen LogP contribution in [0.1, 0.15) is 24.4 Å². The van der Waals surface area contributed by atoms with Crippen molar-refractivity contribution in [2.24, 2.45) is 0 Å². The Morgan fingerprint density at radius 1 is 1.25 bits per heavy atom. The predicted molar refractivity (Wildman–Crippen MR) is 89.3 cm³/mol. The van der Waals surface area contributed by atoms with Crippen LogP contribution in [0.4, 0.5) is 0 Å². The van der Waals surface area contributed by atoms with E-state index in [1.165, 1.54) is 6.26 Å². The number of ether oxygens (including phenoxy) is 2. The van der Waals surface area contributed by atoms with Crippen molar-refractivity contribution in [1.82, 2.24) is 9.80 Å². The summed E-state index contributed by atoms with van der Waals surface area (Å²) in [6.45, 7) is 4.33. The maximum Gasteiger partial charge on any atom is 0.175 e. The van der Waals surface area contributed by atoms with E-state index < -0.39 is 9.84 Å². The monoisotopic (exact) mass is 352 g/mol. The van der Waals surface area contributed by atoms with Crippen molar-refractivity contribution in [2.75, 3.05) is 39.2 Å². The number of sulfone groups is 1. The van der Waals surface area contributed by atoms with Crippen LogP contribution in [-0.4, -0.2) is 69.8 Å². The zero-order valence-corrected chi connectivity index (χ0v) is 14.7. The van der Waals surface area contributed by atoms with Crippen LogP contribution in [0.15, 0.2) is 29.2 Å². The molecule has 3 aliphatic rings. The molecule has 0 saturated carbocycles. The molecule has 0 aliphatic carbocycles. The molecule has 3 heterocycles. The minimum Gasteiger partial charge on any atom is -0.376 e. The molecule has 7 heteroatoms. The molecule has 0 N–H and O–H groups in total. The second kappa shape index (κ2) is 6.38. The quantitative estimate of drug-likeness (QED) is 0.795. The fraction of sp³-hybridized carbons (Fsp3) is 0.647. The van der Waals surface area contributed by atoms with Gasteiger partial charge in [0, 0.05) is 26.0 Å². The van der Waals surface area contributed by atoms with Crippen molar-refractivity contribution in [2.45, 2.75) is 36.1 Å². The van der Waals surface area contributed by atoms with Gasteiger partial charge in [0.25, 0.3) is 0 Å². The normalized spacial score (nSPS) is 35.6. The SMILES string of the molecule is CS(=O)(=O)c1ccc(C2CN3CC(OCC4CCCO4)N2C3)cc1. The predicted octanol–water partition coefficient (Wildman–Crippen LogP) is 1.24. The molecule has 0 amide bonds. The van der Waals surface area contributed by atoms with Gasteiger partial charge in [0.15, 0.2) is 9.84 Å². The molecule has 1 aromatic carbocycles. The molecule has 3 aliphatic heterocycles. The van der Waals surface area contributed by atoms with Gasteiger partial charge in [-0.25, -0.2) is 8.42 Å². The summed E-state index contributed by atoms with van der Waals surface area (Å²) in [5.41, 5.74) is 1.15. The highest BCUT2D eigenvalue weighted by Gasteiger charge is 2.44. The molecule has 0 radical (unpaired) electrons. The smallest absolute Gasteiger partial charge is 0.175 e. The Morgan fingerprint density at radius 3 is 2.67 bits per heavy atom. The highest BCUT2D eigenvalue weighted by atomic mass is 32.2. The van der Waals surface area contributed by atoms with Gasteiger partial charge >= 0.3 is 0 Å². The van der Waals surface area contributed by atoms with Crippen molar-refractivity contribution >= 4 is 9.84 Å². The van der Waals surface area contributed by atoms with Crippen LogP contribution in [0.3, 0.4) is 0 Å². The first-order valence-electron chi connectivity index (χ1n) is 8.52. The van der Waals surface area contributed by atoms with E-state index in [-0.39, 0.29) is 18.4 Å². The van der Waals surface area contributed by atoms with Crippen LogP contribution in [0.25, 0.3) is 0 Å². The van der Waals surface area contributed by atoms with Gasteiger partial charge in [0.2, 0.25) is 0 Å². The molecule has 3 fully saturated rings. The number of hydrogen-bond donors (Lipinski definition) is 0. The fourth-order valence-corrected chi connectivity index (χ4v) is 4.49. The van der Waals surface area contributed by atoms with E-state index in [4.69, 9.17) is 9.47 Å². The van der Waals surface area contributed by atoms with Gasteiger partial charge in [-0.2, -0.15) is 0 Å². The Labute approximate surface area is 143 Å². The molecule has 132 valence electrons. The van der Waals surface area contributed by atoms with Crippen LogP contribution < -0.4 is 0 Å². The maximum absolute atomic E-state index is 11.6. The van der Waals surface area contributed by atoms with Crippen LogP contribution >= 0.6 is 0 Å². The van der Waals surface area contributed by atoms with E-state index in [0.29, 0.717) is 11.5 Å². The van der Waals surface area contributed by atoms with Gasteiger partial charge in [-0.15, -0.1) is 0 Å². The molecular weight excluding hydrogens is 328 g/mol. The number of piperazine rings is 1. The van der Waals surface area contributed by atoms with Crippen molar-refractivity contribution in [3.05, 3.63) is 29.8 Å². The second-order valence-electron chi connectivity index (χ2n) is 6.97. The third-order valence-corrected chi connectivity index (χ3v) is 6.30. The lowest BCUT2D eigenvalue weighted by atomic mass is 10.1. The second-order valence-corrected chi connectivity index (χ2v) is 8.99. The summed E-state index contributed by atoms with van der Waals surface area (Å²) in [5, 5.41) is 0. The Hall–Kier alpha value is -0.990. The molecule has 2 bridgehead atoms. The summed E-state index contributed by atoms with van der Waals surface area (Å²) in [4.78, 5) is 5.12. The molecule has 5 atom stereocenters. The zero-order chi connectivity index (χ0) is 16.7. The summed E-state index contributed by atoms with van der Waals surface area (Å²) in [6.07, 6.45) is 3.80. The Kier molecular flexibility index (Phi) is 4.38. The average Bonchev–Trinajstić information content (AvgIpc) is 3.28. The molecule has 1 aromatic rings. The lowest BCUT2D eigenvalue weighted by Crippen LogP contribution is -2.41. The molecule has 6 nitrogen and oxygen atoms in total. The van der Waals surface area contributed by atoms with Gasteiger partial charge in [0.1, 0.15) is 6.23 Å². The summed E-state index contributed by atoms with van der Waals surface area (Å²) in [6, 6.07) is 7.53. The number of fused-ring (bicyclic) bond motifs is 2. The summed E-state index contributed by atoms with van der Waals surface area (Å²) in [7, 11) is -3.14. The van der Waals surface area contributed by atoms with Crippen LogP contribution in [0, 0.1) is 0 Å². The van der Waals surface area contributed by atoms with Gasteiger partial charge in [-0.05, 0) is 30.5 Å². The van der Waals surface area contributed by atoms with Crippen LogP contribution in [0.2, 0.25) is 0 Å². The highest BCUT2D eigenvalue weighted by molar-refractivity contribution is 7.90. The summed E-state index contributed by atoms with van der Waals surface area (Å²) in [5.74, 6) is 0. The van der Waals surface area contributed by atoms with Crippen molar-refractivity contribution < 1.29 is 17.9 Å². The van der Waals surface area contributed by atoms with Crippen LogP contribution in [0.5, 0.6) is 0 Å². The number of rotatable bonds is 5. The van der Waals surface area contributed by atoms with Crippen molar-refractivity contribution in [3.63, 3.8) is 0 Å². The standard InChI is InChI=1S/C17H24N2O4S/c1-24(20,21)15-6-4-13(5-7-15)16-9-18-10-17(19(16)12-18)23-11-14-3-2-8-22-14/h4-7,14,16-17H,2-3,8-12H2,1H3. The Morgan fingerprint density at radius 2 is 2.04 bits per heavy atom. The molecule has 4 rings (SSSR count). The first-order valence-corrected chi connectivity index (χ1v) is 10.4. The molecule has 0 aromatic heterocycles. The first-order chi connectivity index (χ1) is 11.5. The number of nitrogens with zero attached hydrogens (tertiary/aromatic N) is 2. The van der Waals surface area contributed by atoms with E-state index in [1.807, 2.05) is 12.1 Å². The molecule has 0 spiro atoms. The molecule has 24 heavy (non-hydrogen) atoms. The third-order valence-electron chi connectivity index (χ3n) is 5.17. The van der Waals surface area contributed by atoms with Gasteiger partial charge in [0.05, 0.1) is 30.3 Å². The van der Waals surface area contributed by atoms with Gasteiger partial charge < -0.3 is 9.47 Å². The summed E-state index contributed by atoms with van der Waals surface area (Å²) < 4.78 is 35.0. The topological polar surface area (TPSA) is 59.1 Å². The van der Waals surface area contributed by atoms with E-state index in [9.17, 15) is 8.42 Å². The number of benzene rings is 1. The van der Waals surface area contributed by atoms with Crippen LogP contribution in [-0.2, 0) is 19.3 Å².